The summed E-state index contributed by atoms with van der Waals surface area (Å²) in [6.45, 7) is 4.43. The first-order valence-electron chi connectivity index (χ1n) is 12.9. The second-order valence-electron chi connectivity index (χ2n) is 9.23. The largest absolute Gasteiger partial charge is 0.489 e. The van der Waals surface area contributed by atoms with Crippen molar-refractivity contribution in [1.29, 1.82) is 0 Å². The fourth-order valence-corrected chi connectivity index (χ4v) is 5.26. The number of nitrogens with one attached hydrogen (secondary N) is 1. The SMILES string of the molecule is CCCOC(=O)C1=C(C)Nc2nc(SCc3ccccc3F)nn2C1c1cccc(OCc2ccc(Cl)cc2)c1. The smallest absolute Gasteiger partial charge is 0.338 e. The Morgan fingerprint density at radius 2 is 1.93 bits per heavy atom. The van der Waals surface area contributed by atoms with E-state index in [4.69, 9.17) is 26.2 Å². The number of hydrogen-bond acceptors (Lipinski definition) is 7. The van der Waals surface area contributed by atoms with E-state index in [9.17, 15) is 9.18 Å². The van der Waals surface area contributed by atoms with Crippen molar-refractivity contribution in [2.24, 2.45) is 0 Å². The van der Waals surface area contributed by atoms with Crippen molar-refractivity contribution in [2.75, 3.05) is 11.9 Å². The zero-order valence-corrected chi connectivity index (χ0v) is 23.6. The molecule has 4 aromatic rings. The van der Waals surface area contributed by atoms with Crippen LogP contribution in [0.15, 0.2) is 89.2 Å². The van der Waals surface area contributed by atoms with E-state index in [1.165, 1.54) is 17.8 Å². The molecule has 0 aliphatic carbocycles. The predicted octanol–water partition coefficient (Wildman–Crippen LogP) is 7.18. The first kappa shape index (κ1) is 27.7. The second kappa shape index (κ2) is 12.6. The summed E-state index contributed by atoms with van der Waals surface area (Å²) in [5.74, 6) is 0.792. The first-order valence-corrected chi connectivity index (χ1v) is 14.2. The Bertz CT molecular complexity index is 1540. The van der Waals surface area contributed by atoms with Crippen LogP contribution in [0, 0.1) is 5.82 Å². The van der Waals surface area contributed by atoms with Gasteiger partial charge in [-0.1, -0.05) is 72.8 Å². The van der Waals surface area contributed by atoms with Crippen LogP contribution in [-0.2, 0) is 21.9 Å². The van der Waals surface area contributed by atoms with E-state index in [1.807, 2.05) is 62.4 Å². The molecule has 1 aromatic heterocycles. The number of rotatable bonds is 10. The summed E-state index contributed by atoms with van der Waals surface area (Å²) in [6.07, 6.45) is 0.704. The maximum absolute atomic E-state index is 14.2. The molecule has 10 heteroatoms. The molecule has 40 heavy (non-hydrogen) atoms. The van der Waals surface area contributed by atoms with Crippen molar-refractivity contribution in [1.82, 2.24) is 14.8 Å². The van der Waals surface area contributed by atoms with Crippen molar-refractivity contribution >= 4 is 35.3 Å². The zero-order chi connectivity index (χ0) is 28.1. The minimum Gasteiger partial charge on any atom is -0.489 e. The normalized spacial score (nSPS) is 14.4. The van der Waals surface area contributed by atoms with Gasteiger partial charge in [0, 0.05) is 16.5 Å². The Kier molecular flexibility index (Phi) is 8.72. The maximum Gasteiger partial charge on any atom is 0.338 e. The molecule has 1 aliphatic heterocycles. The third-order valence-corrected chi connectivity index (χ3v) is 7.44. The van der Waals surface area contributed by atoms with Gasteiger partial charge in [0.25, 0.3) is 0 Å². The highest BCUT2D eigenvalue weighted by Crippen LogP contribution is 2.38. The maximum atomic E-state index is 14.2. The molecular weight excluding hydrogens is 551 g/mol. The lowest BCUT2D eigenvalue weighted by molar-refractivity contribution is -0.139. The molecule has 1 atom stereocenters. The van der Waals surface area contributed by atoms with E-state index in [2.05, 4.69) is 10.3 Å². The third kappa shape index (κ3) is 6.32. The highest BCUT2D eigenvalue weighted by molar-refractivity contribution is 7.98. The van der Waals surface area contributed by atoms with E-state index < -0.39 is 12.0 Å². The van der Waals surface area contributed by atoms with Crippen LogP contribution in [0.5, 0.6) is 5.75 Å². The van der Waals surface area contributed by atoms with Gasteiger partial charge < -0.3 is 14.8 Å². The van der Waals surface area contributed by atoms with E-state index in [0.29, 0.717) is 64.1 Å². The summed E-state index contributed by atoms with van der Waals surface area (Å²) >= 11 is 7.32. The Morgan fingerprint density at radius 3 is 2.70 bits per heavy atom. The molecule has 1 unspecified atom stereocenters. The molecule has 0 saturated carbocycles. The molecule has 7 nitrogen and oxygen atoms in total. The molecule has 0 fully saturated rings. The number of hydrogen-bond donors (Lipinski definition) is 1. The molecular formula is C30H28ClFN4O3S. The van der Waals surface area contributed by atoms with Crippen molar-refractivity contribution < 1.29 is 18.7 Å². The molecule has 1 N–H and O–H groups in total. The number of fused-ring (bicyclic) bond motifs is 1. The van der Waals surface area contributed by atoms with Crippen LogP contribution in [0.4, 0.5) is 10.3 Å². The van der Waals surface area contributed by atoms with Gasteiger partial charge in [-0.25, -0.2) is 13.9 Å². The van der Waals surface area contributed by atoms with E-state index in [-0.39, 0.29) is 5.82 Å². The molecule has 0 radical (unpaired) electrons. The van der Waals surface area contributed by atoms with Crippen LogP contribution in [0.2, 0.25) is 5.02 Å². The lowest BCUT2D eigenvalue weighted by atomic mass is 9.95. The number of halogens is 2. The first-order chi connectivity index (χ1) is 19.4. The van der Waals surface area contributed by atoms with Gasteiger partial charge in [0.05, 0.1) is 12.2 Å². The van der Waals surface area contributed by atoms with Crippen LogP contribution < -0.4 is 10.1 Å². The number of allylic oxidation sites excluding steroid dienone is 1. The number of thioether (sulfide) groups is 1. The summed E-state index contributed by atoms with van der Waals surface area (Å²) < 4.78 is 27.5. The topological polar surface area (TPSA) is 78.3 Å². The van der Waals surface area contributed by atoms with Crippen LogP contribution >= 0.6 is 23.4 Å². The molecule has 0 bridgehead atoms. The Hall–Kier alpha value is -3.82. The van der Waals surface area contributed by atoms with Gasteiger partial charge in [0.2, 0.25) is 11.1 Å². The van der Waals surface area contributed by atoms with Crippen LogP contribution in [0.25, 0.3) is 0 Å². The third-order valence-electron chi connectivity index (χ3n) is 6.30. The summed E-state index contributed by atoms with van der Waals surface area (Å²) in [5.41, 5.74) is 3.39. The lowest BCUT2D eigenvalue weighted by Gasteiger charge is -2.28. The predicted molar refractivity (Wildman–Crippen MR) is 154 cm³/mol. The zero-order valence-electron chi connectivity index (χ0n) is 22.1. The minimum atomic E-state index is -0.602. The number of carbonyl (C=O) groups excluding carboxylic acids is 1. The van der Waals surface area contributed by atoms with Crippen molar-refractivity contribution in [2.45, 2.75) is 43.8 Å². The molecule has 2 heterocycles. The van der Waals surface area contributed by atoms with Crippen molar-refractivity contribution in [3.63, 3.8) is 0 Å². The molecule has 5 rings (SSSR count). The Balaban J connectivity index is 1.45. The molecule has 206 valence electrons. The van der Waals surface area contributed by atoms with Crippen LogP contribution in [0.1, 0.15) is 43.0 Å². The molecule has 0 amide bonds. The minimum absolute atomic E-state index is 0.274. The number of esters is 1. The number of carbonyl (C=O) groups is 1. The number of ether oxygens (including phenoxy) is 2. The van der Waals surface area contributed by atoms with Gasteiger partial charge in [0.15, 0.2) is 0 Å². The Morgan fingerprint density at radius 1 is 1.12 bits per heavy atom. The number of aromatic nitrogens is 3. The second-order valence-corrected chi connectivity index (χ2v) is 10.6. The Labute approximate surface area is 241 Å². The lowest BCUT2D eigenvalue weighted by Crippen LogP contribution is -2.29. The van der Waals surface area contributed by atoms with Gasteiger partial charge in [-0.3, -0.25) is 0 Å². The average Bonchev–Trinajstić information content (AvgIpc) is 3.37. The van der Waals surface area contributed by atoms with Crippen molar-refractivity contribution in [3.05, 3.63) is 112 Å². The van der Waals surface area contributed by atoms with Gasteiger partial charge in [-0.15, -0.1) is 5.10 Å². The van der Waals surface area contributed by atoms with E-state index in [1.54, 1.807) is 22.9 Å². The highest BCUT2D eigenvalue weighted by atomic mass is 35.5. The fourth-order valence-electron chi connectivity index (χ4n) is 4.32. The van der Waals surface area contributed by atoms with Gasteiger partial charge in [-0.05, 0) is 60.4 Å². The quantitative estimate of drug-likeness (QED) is 0.158. The number of benzene rings is 3. The van der Waals surface area contributed by atoms with E-state index in [0.717, 1.165) is 11.1 Å². The average molecular weight is 579 g/mol. The van der Waals surface area contributed by atoms with E-state index >= 15 is 0 Å². The summed E-state index contributed by atoms with van der Waals surface area (Å²) in [7, 11) is 0. The molecule has 0 spiro atoms. The number of anilines is 1. The molecule has 3 aromatic carbocycles. The molecule has 1 aliphatic rings. The fraction of sp³-hybridized carbons (Fsp3) is 0.233. The van der Waals surface area contributed by atoms with Gasteiger partial charge in [-0.2, -0.15) is 4.98 Å². The highest BCUT2D eigenvalue weighted by Gasteiger charge is 2.35. The summed E-state index contributed by atoms with van der Waals surface area (Å²) in [4.78, 5) is 17.9. The summed E-state index contributed by atoms with van der Waals surface area (Å²) in [6, 6.07) is 21.0. The number of nitrogens with zero attached hydrogens (tertiary/aromatic N) is 3. The van der Waals surface area contributed by atoms with Gasteiger partial charge in [0.1, 0.15) is 24.2 Å². The standard InChI is InChI=1S/C30H28ClFN4O3S/c1-3-15-38-28(37)26-19(2)33-29-34-30(40-18-22-7-4-5-10-25(22)32)35-36(29)27(26)21-8-6-9-24(16-21)39-17-20-11-13-23(31)14-12-20/h4-14,16,27H,3,15,17-18H2,1-2H3,(H,33,34,35). The summed E-state index contributed by atoms with van der Waals surface area (Å²) in [5, 5.41) is 9.05. The van der Waals surface area contributed by atoms with Gasteiger partial charge >= 0.3 is 5.97 Å². The van der Waals surface area contributed by atoms with Crippen LogP contribution in [0.3, 0.4) is 0 Å². The molecule has 0 saturated heterocycles. The van der Waals surface area contributed by atoms with Crippen molar-refractivity contribution in [3.8, 4) is 5.75 Å². The van der Waals surface area contributed by atoms with Crippen LogP contribution in [-0.4, -0.2) is 27.3 Å². The monoisotopic (exact) mass is 578 g/mol.